The zero-order valence-corrected chi connectivity index (χ0v) is 13.4. The van der Waals surface area contributed by atoms with Crippen molar-refractivity contribution in [2.24, 2.45) is 0 Å². The van der Waals surface area contributed by atoms with Crippen molar-refractivity contribution >= 4 is 29.3 Å². The summed E-state index contributed by atoms with van der Waals surface area (Å²) in [6, 6.07) is 13.7. The lowest BCUT2D eigenvalue weighted by atomic mass is 10.2. The van der Waals surface area contributed by atoms with E-state index in [2.05, 4.69) is 10.1 Å². The smallest absolute Gasteiger partial charge is 0.315 e. The number of carbonyl (C=O) groups is 2. The lowest BCUT2D eigenvalue weighted by molar-refractivity contribution is -0.142. The fourth-order valence-corrected chi connectivity index (χ4v) is 2.68. The van der Waals surface area contributed by atoms with Gasteiger partial charge in [0.15, 0.2) is 0 Å². The van der Waals surface area contributed by atoms with Crippen LogP contribution in [-0.2, 0) is 20.1 Å². The van der Waals surface area contributed by atoms with Crippen molar-refractivity contribution in [2.75, 3.05) is 12.4 Å². The first-order chi connectivity index (χ1) is 11.1. The topological polar surface area (TPSA) is 55.4 Å². The van der Waals surface area contributed by atoms with Gasteiger partial charge in [0.1, 0.15) is 12.2 Å². The van der Waals surface area contributed by atoms with Gasteiger partial charge in [0.2, 0.25) is 5.91 Å². The summed E-state index contributed by atoms with van der Waals surface area (Å²) in [7, 11) is 1.24. The molecule has 0 aliphatic heterocycles. The second kappa shape index (κ2) is 8.33. The monoisotopic (exact) mass is 333 g/mol. The predicted molar refractivity (Wildman–Crippen MR) is 87.7 cm³/mol. The number of amides is 1. The van der Waals surface area contributed by atoms with Crippen LogP contribution in [0.1, 0.15) is 12.0 Å². The van der Waals surface area contributed by atoms with Crippen LogP contribution in [0, 0.1) is 5.82 Å². The van der Waals surface area contributed by atoms with E-state index in [0.29, 0.717) is 11.4 Å². The van der Waals surface area contributed by atoms with E-state index in [1.807, 2.05) is 18.2 Å². The molecule has 0 heterocycles. The number of carbonyl (C=O) groups excluding carboxylic acids is 2. The summed E-state index contributed by atoms with van der Waals surface area (Å²) in [4.78, 5) is 23.6. The summed E-state index contributed by atoms with van der Waals surface area (Å²) >= 11 is 1.57. The molecule has 0 aliphatic rings. The summed E-state index contributed by atoms with van der Waals surface area (Å²) in [5.41, 5.74) is 1.51. The SMILES string of the molecule is COC(=O)CC(=O)Nc1ccc(SCc2cccc(F)c2)cc1. The Kier molecular flexibility index (Phi) is 6.17. The Balaban J connectivity index is 1.87. The minimum Gasteiger partial charge on any atom is -0.469 e. The van der Waals surface area contributed by atoms with E-state index in [1.165, 1.54) is 19.2 Å². The van der Waals surface area contributed by atoms with Gasteiger partial charge in [-0.25, -0.2) is 4.39 Å². The molecule has 0 atom stereocenters. The Morgan fingerprint density at radius 2 is 1.91 bits per heavy atom. The summed E-state index contributed by atoms with van der Waals surface area (Å²) in [6.07, 6.45) is -0.313. The largest absolute Gasteiger partial charge is 0.469 e. The van der Waals surface area contributed by atoms with Gasteiger partial charge in [0, 0.05) is 16.3 Å². The fraction of sp³-hybridized carbons (Fsp3) is 0.176. The van der Waals surface area contributed by atoms with Crippen molar-refractivity contribution in [1.82, 2.24) is 0 Å². The van der Waals surface area contributed by atoms with Crippen LogP contribution >= 0.6 is 11.8 Å². The number of esters is 1. The highest BCUT2D eigenvalue weighted by atomic mass is 32.2. The quantitative estimate of drug-likeness (QED) is 0.498. The Morgan fingerprint density at radius 1 is 1.17 bits per heavy atom. The van der Waals surface area contributed by atoms with E-state index in [9.17, 15) is 14.0 Å². The number of hydrogen-bond donors (Lipinski definition) is 1. The van der Waals surface area contributed by atoms with Crippen LogP contribution in [0.25, 0.3) is 0 Å². The van der Waals surface area contributed by atoms with E-state index in [4.69, 9.17) is 0 Å². The normalized spacial score (nSPS) is 10.2. The molecule has 6 heteroatoms. The van der Waals surface area contributed by atoms with Gasteiger partial charge >= 0.3 is 5.97 Å². The summed E-state index contributed by atoms with van der Waals surface area (Å²) in [5.74, 6) is -0.584. The maximum atomic E-state index is 13.1. The average molecular weight is 333 g/mol. The van der Waals surface area contributed by atoms with Gasteiger partial charge < -0.3 is 10.1 Å². The average Bonchev–Trinajstić information content (AvgIpc) is 2.54. The third kappa shape index (κ3) is 5.75. The van der Waals surface area contributed by atoms with Gasteiger partial charge in [0.05, 0.1) is 7.11 Å². The first-order valence-corrected chi connectivity index (χ1v) is 7.89. The molecule has 0 aliphatic carbocycles. The molecule has 23 heavy (non-hydrogen) atoms. The second-order valence-electron chi connectivity index (χ2n) is 4.74. The van der Waals surface area contributed by atoms with E-state index >= 15 is 0 Å². The molecule has 4 nitrogen and oxygen atoms in total. The van der Waals surface area contributed by atoms with Gasteiger partial charge in [-0.2, -0.15) is 0 Å². The number of hydrogen-bond acceptors (Lipinski definition) is 4. The Bertz CT molecular complexity index is 688. The number of ether oxygens (including phenoxy) is 1. The Morgan fingerprint density at radius 3 is 2.57 bits per heavy atom. The molecule has 0 aromatic heterocycles. The van der Waals surface area contributed by atoms with Crippen molar-refractivity contribution in [3.63, 3.8) is 0 Å². The van der Waals surface area contributed by atoms with Crippen molar-refractivity contribution < 1.29 is 18.7 Å². The molecular weight excluding hydrogens is 317 g/mol. The van der Waals surface area contributed by atoms with Gasteiger partial charge in [-0.3, -0.25) is 9.59 Å². The molecule has 0 fully saturated rings. The highest BCUT2D eigenvalue weighted by molar-refractivity contribution is 7.98. The summed E-state index contributed by atoms with van der Waals surface area (Å²) < 4.78 is 17.5. The molecule has 2 aromatic carbocycles. The Hall–Kier alpha value is -2.34. The molecule has 1 N–H and O–H groups in total. The molecule has 120 valence electrons. The fourth-order valence-electron chi connectivity index (χ4n) is 1.84. The molecule has 2 aromatic rings. The summed E-state index contributed by atoms with van der Waals surface area (Å²) in [6.45, 7) is 0. The van der Waals surface area contributed by atoms with E-state index in [-0.39, 0.29) is 12.2 Å². The molecule has 1 amide bonds. The number of halogens is 1. The minimum atomic E-state index is -0.579. The molecule has 0 bridgehead atoms. The van der Waals surface area contributed by atoms with Crippen molar-refractivity contribution in [3.05, 3.63) is 59.9 Å². The van der Waals surface area contributed by atoms with E-state index in [0.717, 1.165) is 10.5 Å². The molecule has 0 radical (unpaired) electrons. The lowest BCUT2D eigenvalue weighted by Gasteiger charge is -2.06. The standard InChI is InChI=1S/C17H16FNO3S/c1-22-17(21)10-16(20)19-14-5-7-15(8-6-14)23-11-12-3-2-4-13(18)9-12/h2-9H,10-11H2,1H3,(H,19,20). The third-order valence-corrected chi connectivity index (χ3v) is 4.05. The van der Waals surface area contributed by atoms with Crippen molar-refractivity contribution in [1.29, 1.82) is 0 Å². The molecule has 2 rings (SSSR count). The molecule has 0 unspecified atom stereocenters. The van der Waals surface area contributed by atoms with Crippen LogP contribution < -0.4 is 5.32 Å². The first kappa shape index (κ1) is 17.0. The van der Waals surface area contributed by atoms with Crippen LogP contribution in [0.15, 0.2) is 53.4 Å². The van der Waals surface area contributed by atoms with E-state index < -0.39 is 11.9 Å². The van der Waals surface area contributed by atoms with E-state index in [1.54, 1.807) is 30.0 Å². The zero-order chi connectivity index (χ0) is 16.7. The highest BCUT2D eigenvalue weighted by Gasteiger charge is 2.09. The van der Waals surface area contributed by atoms with Crippen LogP contribution in [0.3, 0.4) is 0 Å². The minimum absolute atomic E-state index is 0.244. The highest BCUT2D eigenvalue weighted by Crippen LogP contribution is 2.24. The third-order valence-electron chi connectivity index (χ3n) is 2.97. The molecule has 0 spiro atoms. The second-order valence-corrected chi connectivity index (χ2v) is 5.79. The van der Waals surface area contributed by atoms with Crippen LogP contribution in [0.2, 0.25) is 0 Å². The van der Waals surface area contributed by atoms with Crippen molar-refractivity contribution in [3.8, 4) is 0 Å². The van der Waals surface area contributed by atoms with Crippen molar-refractivity contribution in [2.45, 2.75) is 17.1 Å². The number of methoxy groups -OCH3 is 1. The molecule has 0 saturated carbocycles. The lowest BCUT2D eigenvalue weighted by Crippen LogP contribution is -2.17. The van der Waals surface area contributed by atoms with Crippen LogP contribution in [-0.4, -0.2) is 19.0 Å². The zero-order valence-electron chi connectivity index (χ0n) is 12.5. The molecule has 0 saturated heterocycles. The van der Waals surface area contributed by atoms with Gasteiger partial charge in [-0.1, -0.05) is 12.1 Å². The van der Waals surface area contributed by atoms with Gasteiger partial charge in [-0.15, -0.1) is 11.8 Å². The predicted octanol–water partition coefficient (Wildman–Crippen LogP) is 3.62. The summed E-state index contributed by atoms with van der Waals surface area (Å²) in [5, 5.41) is 2.62. The number of anilines is 1. The number of thioether (sulfide) groups is 1. The van der Waals surface area contributed by atoms with Crippen LogP contribution in [0.4, 0.5) is 10.1 Å². The van der Waals surface area contributed by atoms with Gasteiger partial charge in [0.25, 0.3) is 0 Å². The number of nitrogens with one attached hydrogen (secondary N) is 1. The maximum absolute atomic E-state index is 13.1. The molecular formula is C17H16FNO3S. The maximum Gasteiger partial charge on any atom is 0.315 e. The number of benzene rings is 2. The Labute approximate surface area is 138 Å². The first-order valence-electron chi connectivity index (χ1n) is 6.91. The number of rotatable bonds is 6. The van der Waals surface area contributed by atoms with Crippen LogP contribution in [0.5, 0.6) is 0 Å². The van der Waals surface area contributed by atoms with Gasteiger partial charge in [-0.05, 0) is 42.0 Å².